The molecule has 0 radical (unpaired) electrons. The number of oxazole rings is 1. The maximum absolute atomic E-state index is 13.1. The fourth-order valence-electron chi connectivity index (χ4n) is 3.19. The number of carbonyl (C=O) groups excluding carboxylic acids is 1. The number of ether oxygens (including phenoxy) is 2. The number of benzene rings is 1. The molecule has 29 heavy (non-hydrogen) atoms. The SMILES string of the molecule is COc1ccc(-c2nc(C(=O)N3CCNCC3COc3cccnc3)co2)cc1. The van der Waals surface area contributed by atoms with Crippen LogP contribution >= 0.6 is 0 Å². The van der Waals surface area contributed by atoms with Gasteiger partial charge in [0.05, 0.1) is 19.3 Å². The van der Waals surface area contributed by atoms with E-state index in [2.05, 4.69) is 15.3 Å². The second-order valence-electron chi connectivity index (χ2n) is 6.62. The lowest BCUT2D eigenvalue weighted by molar-refractivity contribution is 0.0553. The van der Waals surface area contributed by atoms with Crippen molar-refractivity contribution in [1.82, 2.24) is 20.2 Å². The van der Waals surface area contributed by atoms with Crippen LogP contribution in [-0.2, 0) is 0 Å². The van der Waals surface area contributed by atoms with Crippen molar-refractivity contribution in [2.75, 3.05) is 33.4 Å². The molecule has 1 aliphatic heterocycles. The lowest BCUT2D eigenvalue weighted by atomic mass is 10.2. The van der Waals surface area contributed by atoms with Crippen molar-refractivity contribution in [1.29, 1.82) is 0 Å². The zero-order valence-corrected chi connectivity index (χ0v) is 16.1. The molecule has 0 bridgehead atoms. The molecule has 2 aromatic heterocycles. The molecular formula is C21H22N4O4. The second-order valence-corrected chi connectivity index (χ2v) is 6.62. The molecule has 1 N–H and O–H groups in total. The standard InChI is InChI=1S/C21H22N4O4/c1-27-17-6-4-15(5-7-17)20-24-19(14-29-20)21(26)25-10-9-23-11-16(25)13-28-18-3-2-8-22-12-18/h2-8,12,14,16,23H,9-11,13H2,1H3. The minimum absolute atomic E-state index is 0.113. The Labute approximate surface area is 168 Å². The summed E-state index contributed by atoms with van der Waals surface area (Å²) in [6.07, 6.45) is 4.75. The Morgan fingerprint density at radius 2 is 2.14 bits per heavy atom. The third-order valence-electron chi connectivity index (χ3n) is 4.75. The van der Waals surface area contributed by atoms with Crippen molar-refractivity contribution in [2.45, 2.75) is 6.04 Å². The van der Waals surface area contributed by atoms with Crippen LogP contribution in [-0.4, -0.2) is 60.2 Å². The Hall–Kier alpha value is -3.39. The minimum Gasteiger partial charge on any atom is -0.497 e. The Morgan fingerprint density at radius 3 is 2.90 bits per heavy atom. The maximum Gasteiger partial charge on any atom is 0.276 e. The van der Waals surface area contributed by atoms with Gasteiger partial charge < -0.3 is 24.1 Å². The maximum atomic E-state index is 13.1. The van der Waals surface area contributed by atoms with E-state index >= 15 is 0 Å². The van der Waals surface area contributed by atoms with Gasteiger partial charge >= 0.3 is 0 Å². The van der Waals surface area contributed by atoms with E-state index in [-0.39, 0.29) is 17.6 Å². The summed E-state index contributed by atoms with van der Waals surface area (Å²) >= 11 is 0. The normalized spacial score (nSPS) is 16.4. The molecule has 0 spiro atoms. The monoisotopic (exact) mass is 394 g/mol. The van der Waals surface area contributed by atoms with Crippen molar-refractivity contribution in [3.8, 4) is 23.0 Å². The fourth-order valence-corrected chi connectivity index (χ4v) is 3.19. The van der Waals surface area contributed by atoms with Gasteiger partial charge in [0, 0.05) is 31.4 Å². The van der Waals surface area contributed by atoms with Gasteiger partial charge in [-0.05, 0) is 36.4 Å². The number of hydrogen-bond donors (Lipinski definition) is 1. The van der Waals surface area contributed by atoms with Crippen LogP contribution in [0.4, 0.5) is 0 Å². The van der Waals surface area contributed by atoms with Crippen LogP contribution in [0, 0.1) is 0 Å². The number of pyridine rings is 1. The Kier molecular flexibility index (Phi) is 5.71. The third kappa shape index (κ3) is 4.38. The number of nitrogens with one attached hydrogen (secondary N) is 1. The lowest BCUT2D eigenvalue weighted by Crippen LogP contribution is -2.56. The number of nitrogens with zero attached hydrogens (tertiary/aromatic N) is 3. The summed E-state index contributed by atoms with van der Waals surface area (Å²) in [5, 5.41) is 3.30. The number of rotatable bonds is 6. The number of amides is 1. The van der Waals surface area contributed by atoms with Crippen molar-refractivity contribution in [2.24, 2.45) is 0 Å². The molecule has 1 fully saturated rings. The summed E-state index contributed by atoms with van der Waals surface area (Å²) in [5.41, 5.74) is 1.06. The Balaban J connectivity index is 1.46. The number of piperazine rings is 1. The van der Waals surface area contributed by atoms with E-state index < -0.39 is 0 Å². The van der Waals surface area contributed by atoms with Gasteiger partial charge in [0.15, 0.2) is 5.69 Å². The second kappa shape index (κ2) is 8.74. The van der Waals surface area contributed by atoms with E-state index in [1.807, 2.05) is 36.4 Å². The van der Waals surface area contributed by atoms with Gasteiger partial charge in [-0.25, -0.2) is 4.98 Å². The first-order valence-electron chi connectivity index (χ1n) is 9.39. The first-order valence-corrected chi connectivity index (χ1v) is 9.39. The number of methoxy groups -OCH3 is 1. The highest BCUT2D eigenvalue weighted by atomic mass is 16.5. The molecule has 8 nitrogen and oxygen atoms in total. The van der Waals surface area contributed by atoms with Gasteiger partial charge in [0.25, 0.3) is 5.91 Å². The molecule has 1 aliphatic rings. The smallest absolute Gasteiger partial charge is 0.276 e. The van der Waals surface area contributed by atoms with Gasteiger partial charge in [-0.1, -0.05) is 0 Å². The molecule has 3 heterocycles. The quantitative estimate of drug-likeness (QED) is 0.686. The zero-order chi connectivity index (χ0) is 20.1. The summed E-state index contributed by atoms with van der Waals surface area (Å²) in [5.74, 6) is 1.65. The molecule has 0 saturated carbocycles. The van der Waals surface area contributed by atoms with Gasteiger partial charge in [0.2, 0.25) is 5.89 Å². The Bertz CT molecular complexity index is 943. The van der Waals surface area contributed by atoms with Crippen LogP contribution in [0.15, 0.2) is 59.5 Å². The molecule has 1 saturated heterocycles. The summed E-state index contributed by atoms with van der Waals surface area (Å²) in [4.78, 5) is 23.3. The van der Waals surface area contributed by atoms with E-state index in [4.69, 9.17) is 13.9 Å². The molecule has 0 aliphatic carbocycles. The Morgan fingerprint density at radius 1 is 1.28 bits per heavy atom. The van der Waals surface area contributed by atoms with Crippen LogP contribution in [0.1, 0.15) is 10.5 Å². The molecular weight excluding hydrogens is 372 g/mol. The van der Waals surface area contributed by atoms with Crippen LogP contribution < -0.4 is 14.8 Å². The molecule has 1 amide bonds. The van der Waals surface area contributed by atoms with Crippen molar-refractivity contribution >= 4 is 5.91 Å². The predicted molar refractivity (Wildman–Crippen MR) is 106 cm³/mol. The molecule has 150 valence electrons. The molecule has 8 heteroatoms. The zero-order valence-electron chi connectivity index (χ0n) is 16.1. The van der Waals surface area contributed by atoms with Crippen LogP contribution in [0.3, 0.4) is 0 Å². The van der Waals surface area contributed by atoms with Crippen molar-refractivity contribution < 1.29 is 18.7 Å². The average Bonchev–Trinajstić information content (AvgIpc) is 3.28. The van der Waals surface area contributed by atoms with Gasteiger partial charge in [0.1, 0.15) is 24.4 Å². The fraction of sp³-hybridized carbons (Fsp3) is 0.286. The third-order valence-corrected chi connectivity index (χ3v) is 4.75. The van der Waals surface area contributed by atoms with E-state index in [0.29, 0.717) is 31.3 Å². The minimum atomic E-state index is -0.171. The summed E-state index contributed by atoms with van der Waals surface area (Å²) in [6.45, 7) is 2.31. The summed E-state index contributed by atoms with van der Waals surface area (Å²) in [6, 6.07) is 10.9. The van der Waals surface area contributed by atoms with Gasteiger partial charge in [-0.3, -0.25) is 9.78 Å². The predicted octanol–water partition coefficient (Wildman–Crippen LogP) is 2.24. The van der Waals surface area contributed by atoms with E-state index in [1.54, 1.807) is 24.4 Å². The summed E-state index contributed by atoms with van der Waals surface area (Å²) in [7, 11) is 1.61. The largest absolute Gasteiger partial charge is 0.497 e. The summed E-state index contributed by atoms with van der Waals surface area (Å²) < 4.78 is 16.5. The van der Waals surface area contributed by atoms with Crippen LogP contribution in [0.25, 0.3) is 11.5 Å². The molecule has 3 aromatic rings. The lowest BCUT2D eigenvalue weighted by Gasteiger charge is -2.35. The van der Waals surface area contributed by atoms with Gasteiger partial charge in [-0.15, -0.1) is 0 Å². The molecule has 4 rings (SSSR count). The first kappa shape index (κ1) is 18.9. The van der Waals surface area contributed by atoms with Gasteiger partial charge in [-0.2, -0.15) is 0 Å². The average molecular weight is 394 g/mol. The molecule has 1 unspecified atom stereocenters. The van der Waals surface area contributed by atoms with E-state index in [0.717, 1.165) is 17.9 Å². The van der Waals surface area contributed by atoms with Crippen molar-refractivity contribution in [3.63, 3.8) is 0 Å². The topological polar surface area (TPSA) is 89.7 Å². The highest BCUT2D eigenvalue weighted by Crippen LogP contribution is 2.23. The van der Waals surface area contributed by atoms with E-state index in [9.17, 15) is 4.79 Å². The number of hydrogen-bond acceptors (Lipinski definition) is 7. The van der Waals surface area contributed by atoms with Crippen molar-refractivity contribution in [3.05, 3.63) is 60.7 Å². The van der Waals surface area contributed by atoms with Crippen LogP contribution in [0.5, 0.6) is 11.5 Å². The number of aromatic nitrogens is 2. The first-order chi connectivity index (χ1) is 14.2. The molecule has 1 aromatic carbocycles. The highest BCUT2D eigenvalue weighted by molar-refractivity contribution is 5.92. The van der Waals surface area contributed by atoms with E-state index in [1.165, 1.54) is 6.26 Å². The van der Waals surface area contributed by atoms with Crippen LogP contribution in [0.2, 0.25) is 0 Å². The molecule has 1 atom stereocenters. The highest BCUT2D eigenvalue weighted by Gasteiger charge is 2.30. The number of carbonyl (C=O) groups is 1.